The maximum atomic E-state index is 11.7. The van der Waals surface area contributed by atoms with E-state index in [2.05, 4.69) is 32.9 Å². The third-order valence-corrected chi connectivity index (χ3v) is 3.22. The van der Waals surface area contributed by atoms with Gasteiger partial charge in [-0.25, -0.2) is 4.98 Å². The molecule has 0 aromatic carbocycles. The van der Waals surface area contributed by atoms with Crippen LogP contribution in [0.2, 0.25) is 0 Å². The lowest BCUT2D eigenvalue weighted by Gasteiger charge is -2.03. The number of hydrogen-bond acceptors (Lipinski definition) is 3. The molecule has 17 heavy (non-hydrogen) atoms. The molecule has 0 aliphatic heterocycles. The Bertz CT molecular complexity index is 363. The molecule has 0 bridgehead atoms. The molecule has 1 rings (SSSR count). The molecule has 0 aliphatic carbocycles. The molecule has 4 nitrogen and oxygen atoms in total. The minimum Gasteiger partial charge on any atom is -0.436 e. The zero-order chi connectivity index (χ0) is 12.7. The monoisotopic (exact) mass is 350 g/mol. The van der Waals surface area contributed by atoms with Crippen molar-refractivity contribution in [3.05, 3.63) is 17.3 Å². The van der Waals surface area contributed by atoms with Crippen molar-refractivity contribution in [1.29, 1.82) is 0 Å². The molecule has 0 atom stereocenters. The van der Waals surface area contributed by atoms with Gasteiger partial charge in [0, 0.05) is 13.5 Å². The first-order valence-corrected chi connectivity index (χ1v) is 7.46. The highest BCUT2D eigenvalue weighted by molar-refractivity contribution is 14.1. The molecular weight excluding hydrogens is 331 g/mol. The third kappa shape index (κ3) is 5.06. The molecule has 1 N–H and O–H groups in total. The number of carbonyl (C=O) groups excluding carboxylic acids is 1. The third-order valence-electron chi connectivity index (χ3n) is 2.46. The zero-order valence-electron chi connectivity index (χ0n) is 10.4. The molecule has 1 heterocycles. The minimum absolute atomic E-state index is 0.156. The topological polar surface area (TPSA) is 55.1 Å². The van der Waals surface area contributed by atoms with E-state index < -0.39 is 0 Å². The van der Waals surface area contributed by atoms with E-state index in [1.165, 1.54) is 17.3 Å². The van der Waals surface area contributed by atoms with E-state index in [4.69, 9.17) is 4.42 Å². The first-order valence-electron chi connectivity index (χ1n) is 5.93. The van der Waals surface area contributed by atoms with Crippen molar-refractivity contribution in [2.45, 2.75) is 39.5 Å². The Morgan fingerprint density at radius 1 is 1.29 bits per heavy atom. The van der Waals surface area contributed by atoms with Gasteiger partial charge in [-0.05, 0) is 24.2 Å². The number of halogens is 1. The highest BCUT2D eigenvalue weighted by atomic mass is 127. The molecule has 1 aromatic heterocycles. The molecule has 1 amide bonds. The number of aryl methyl sites for hydroxylation is 2. The smallest absolute Gasteiger partial charge is 0.289 e. The van der Waals surface area contributed by atoms with Gasteiger partial charge in [-0.3, -0.25) is 4.79 Å². The first-order chi connectivity index (χ1) is 8.15. The molecule has 1 aromatic rings. The maximum absolute atomic E-state index is 11.7. The van der Waals surface area contributed by atoms with Crippen LogP contribution in [0.5, 0.6) is 0 Å². The molecule has 5 heteroatoms. The molecule has 0 aliphatic rings. The molecular formula is C12H19IN2O2. The van der Waals surface area contributed by atoms with Crippen molar-refractivity contribution < 1.29 is 9.21 Å². The molecule has 0 radical (unpaired) electrons. The minimum atomic E-state index is -0.156. The van der Waals surface area contributed by atoms with Crippen molar-refractivity contribution in [3.8, 4) is 0 Å². The van der Waals surface area contributed by atoms with Gasteiger partial charge in [0.2, 0.25) is 5.76 Å². The van der Waals surface area contributed by atoms with Gasteiger partial charge in [0.25, 0.3) is 5.91 Å². The van der Waals surface area contributed by atoms with Crippen LogP contribution in [0.3, 0.4) is 0 Å². The summed E-state index contributed by atoms with van der Waals surface area (Å²) < 4.78 is 6.46. The fourth-order valence-corrected chi connectivity index (χ4v) is 2.14. The van der Waals surface area contributed by atoms with Gasteiger partial charge in [-0.15, -0.1) is 0 Å². The van der Waals surface area contributed by atoms with Gasteiger partial charge >= 0.3 is 0 Å². The number of oxazole rings is 1. The maximum Gasteiger partial charge on any atom is 0.289 e. The second-order valence-electron chi connectivity index (χ2n) is 4.01. The van der Waals surface area contributed by atoms with E-state index in [0.29, 0.717) is 23.9 Å². The van der Waals surface area contributed by atoms with Crippen molar-refractivity contribution in [2.75, 3.05) is 11.0 Å². The first kappa shape index (κ1) is 14.5. The quantitative estimate of drug-likeness (QED) is 0.467. The summed E-state index contributed by atoms with van der Waals surface area (Å²) in [5, 5.41) is 2.86. The summed E-state index contributed by atoms with van der Waals surface area (Å²) >= 11 is 2.38. The lowest BCUT2D eigenvalue weighted by molar-refractivity contribution is 0.0923. The van der Waals surface area contributed by atoms with Crippen LogP contribution in [0.15, 0.2) is 4.42 Å². The van der Waals surface area contributed by atoms with Crippen LogP contribution >= 0.6 is 22.6 Å². The van der Waals surface area contributed by atoms with Crippen LogP contribution in [0.25, 0.3) is 0 Å². The molecule has 0 saturated carbocycles. The summed E-state index contributed by atoms with van der Waals surface area (Å²) in [6.45, 7) is 4.24. The van der Waals surface area contributed by atoms with Crippen molar-refractivity contribution in [2.24, 2.45) is 0 Å². The summed E-state index contributed by atoms with van der Waals surface area (Å²) in [7, 11) is 0. The molecule has 0 spiro atoms. The van der Waals surface area contributed by atoms with E-state index >= 15 is 0 Å². The number of nitrogens with zero attached hydrogens (tertiary/aromatic N) is 1. The summed E-state index contributed by atoms with van der Waals surface area (Å²) in [6.07, 6.45) is 4.68. The highest BCUT2D eigenvalue weighted by Gasteiger charge is 2.14. The normalized spacial score (nSPS) is 10.5. The zero-order valence-corrected chi connectivity index (χ0v) is 12.5. The van der Waals surface area contributed by atoms with E-state index in [-0.39, 0.29) is 5.91 Å². The Morgan fingerprint density at radius 3 is 2.59 bits per heavy atom. The lowest BCUT2D eigenvalue weighted by atomic mass is 10.2. The number of amides is 1. The number of carbonyl (C=O) groups is 1. The number of aromatic nitrogens is 1. The van der Waals surface area contributed by atoms with E-state index in [1.54, 1.807) is 13.8 Å². The number of nitrogens with one attached hydrogen (secondary N) is 1. The molecule has 0 unspecified atom stereocenters. The van der Waals surface area contributed by atoms with E-state index in [9.17, 15) is 4.79 Å². The van der Waals surface area contributed by atoms with E-state index in [1.807, 2.05) is 0 Å². The van der Waals surface area contributed by atoms with Crippen molar-refractivity contribution in [3.63, 3.8) is 0 Å². The number of alkyl halides is 1. The predicted octanol–water partition coefficient (Wildman–Crippen LogP) is 3.02. The fourth-order valence-electron chi connectivity index (χ4n) is 1.60. The Hall–Kier alpha value is -0.590. The summed E-state index contributed by atoms with van der Waals surface area (Å²) in [6, 6.07) is 0. The summed E-state index contributed by atoms with van der Waals surface area (Å²) in [4.78, 5) is 15.8. The van der Waals surface area contributed by atoms with Crippen molar-refractivity contribution in [1.82, 2.24) is 10.3 Å². The van der Waals surface area contributed by atoms with Crippen LogP contribution in [0, 0.1) is 13.8 Å². The molecule has 96 valence electrons. The molecule has 0 fully saturated rings. The van der Waals surface area contributed by atoms with Crippen LogP contribution in [0.1, 0.15) is 47.8 Å². The van der Waals surface area contributed by atoms with Crippen molar-refractivity contribution >= 4 is 28.5 Å². The average Bonchev–Trinajstić information content (AvgIpc) is 2.62. The SMILES string of the molecule is Cc1nc(C)c(C(=O)NCCCCCCI)o1. The van der Waals surface area contributed by atoms with Crippen LogP contribution in [-0.4, -0.2) is 21.9 Å². The lowest BCUT2D eigenvalue weighted by Crippen LogP contribution is -2.24. The average molecular weight is 350 g/mol. The van der Waals surface area contributed by atoms with Gasteiger partial charge in [0.15, 0.2) is 5.89 Å². The van der Waals surface area contributed by atoms with Crippen LogP contribution in [-0.2, 0) is 0 Å². The number of rotatable bonds is 7. The molecule has 0 saturated heterocycles. The second-order valence-corrected chi connectivity index (χ2v) is 5.09. The van der Waals surface area contributed by atoms with Gasteiger partial charge < -0.3 is 9.73 Å². The van der Waals surface area contributed by atoms with Gasteiger partial charge in [-0.1, -0.05) is 35.4 Å². The largest absolute Gasteiger partial charge is 0.436 e. The Kier molecular flexibility index (Phi) is 6.54. The highest BCUT2D eigenvalue weighted by Crippen LogP contribution is 2.09. The van der Waals surface area contributed by atoms with Crippen LogP contribution < -0.4 is 5.32 Å². The second kappa shape index (κ2) is 7.68. The number of hydrogen-bond donors (Lipinski definition) is 1. The Morgan fingerprint density at radius 2 is 2.00 bits per heavy atom. The number of unbranched alkanes of at least 4 members (excludes halogenated alkanes) is 3. The van der Waals surface area contributed by atoms with E-state index in [0.717, 1.165) is 12.8 Å². The predicted molar refractivity (Wildman–Crippen MR) is 75.7 cm³/mol. The Balaban J connectivity index is 2.23. The van der Waals surface area contributed by atoms with Crippen LogP contribution in [0.4, 0.5) is 0 Å². The summed E-state index contributed by atoms with van der Waals surface area (Å²) in [5.41, 5.74) is 0.657. The standard InChI is InChI=1S/C12H19IN2O2/c1-9-11(17-10(2)15-9)12(16)14-8-6-4-3-5-7-13/h3-8H2,1-2H3,(H,14,16). The van der Waals surface area contributed by atoms with Gasteiger partial charge in [-0.2, -0.15) is 0 Å². The Labute approximate surface area is 116 Å². The fraction of sp³-hybridized carbons (Fsp3) is 0.667. The van der Waals surface area contributed by atoms with Gasteiger partial charge in [0.05, 0.1) is 5.69 Å². The summed E-state index contributed by atoms with van der Waals surface area (Å²) in [5.74, 6) is 0.724. The van der Waals surface area contributed by atoms with Gasteiger partial charge in [0.1, 0.15) is 0 Å².